The lowest BCUT2D eigenvalue weighted by atomic mass is 10.4. The van der Waals surface area contributed by atoms with E-state index in [2.05, 4.69) is 9.72 Å². The standard InChI is InChI=1S/C9H11F3N2O2/c1-2-15-8-6(13)3-4-7(14-8)16-5-9(10,11)12/h3-4H,2,5,13H2,1H3. The van der Waals surface area contributed by atoms with Crippen molar-refractivity contribution in [1.82, 2.24) is 4.98 Å². The zero-order valence-corrected chi connectivity index (χ0v) is 8.54. The Bertz CT molecular complexity index is 355. The second-order valence-electron chi connectivity index (χ2n) is 2.88. The molecule has 1 aromatic heterocycles. The molecular weight excluding hydrogens is 225 g/mol. The molecule has 16 heavy (non-hydrogen) atoms. The normalized spacial score (nSPS) is 11.2. The van der Waals surface area contributed by atoms with Gasteiger partial charge in [0.1, 0.15) is 0 Å². The van der Waals surface area contributed by atoms with Crippen LogP contribution in [0.15, 0.2) is 12.1 Å². The van der Waals surface area contributed by atoms with E-state index in [9.17, 15) is 13.2 Å². The van der Waals surface area contributed by atoms with Crippen LogP contribution < -0.4 is 15.2 Å². The summed E-state index contributed by atoms with van der Waals surface area (Å²) in [4.78, 5) is 3.70. The number of aromatic nitrogens is 1. The van der Waals surface area contributed by atoms with Gasteiger partial charge in [-0.1, -0.05) is 0 Å². The van der Waals surface area contributed by atoms with Crippen LogP contribution in [-0.2, 0) is 0 Å². The van der Waals surface area contributed by atoms with E-state index in [1.54, 1.807) is 6.92 Å². The van der Waals surface area contributed by atoms with Gasteiger partial charge < -0.3 is 15.2 Å². The second-order valence-corrected chi connectivity index (χ2v) is 2.88. The van der Waals surface area contributed by atoms with Crippen molar-refractivity contribution in [1.29, 1.82) is 0 Å². The maximum Gasteiger partial charge on any atom is 0.422 e. The number of hydrogen-bond donors (Lipinski definition) is 1. The first-order valence-electron chi connectivity index (χ1n) is 4.51. The lowest BCUT2D eigenvalue weighted by Gasteiger charge is -2.10. The van der Waals surface area contributed by atoms with Crippen LogP contribution in [0, 0.1) is 0 Å². The molecule has 0 aliphatic rings. The summed E-state index contributed by atoms with van der Waals surface area (Å²) < 4.78 is 45.0. The zero-order chi connectivity index (χ0) is 12.2. The number of hydrogen-bond acceptors (Lipinski definition) is 4. The predicted molar refractivity (Wildman–Crippen MR) is 51.4 cm³/mol. The molecule has 90 valence electrons. The fraction of sp³-hybridized carbons (Fsp3) is 0.444. The van der Waals surface area contributed by atoms with Gasteiger partial charge in [-0.3, -0.25) is 0 Å². The Morgan fingerprint density at radius 1 is 1.31 bits per heavy atom. The first-order chi connectivity index (χ1) is 7.42. The van der Waals surface area contributed by atoms with Gasteiger partial charge in [-0.15, -0.1) is 0 Å². The Morgan fingerprint density at radius 2 is 2.00 bits per heavy atom. The van der Waals surface area contributed by atoms with Gasteiger partial charge in [0, 0.05) is 6.07 Å². The highest BCUT2D eigenvalue weighted by atomic mass is 19.4. The minimum Gasteiger partial charge on any atom is -0.476 e. The number of nitrogen functional groups attached to an aromatic ring is 1. The van der Waals surface area contributed by atoms with E-state index in [1.165, 1.54) is 12.1 Å². The van der Waals surface area contributed by atoms with Crippen molar-refractivity contribution in [2.75, 3.05) is 18.9 Å². The van der Waals surface area contributed by atoms with E-state index in [0.29, 0.717) is 6.61 Å². The van der Waals surface area contributed by atoms with Gasteiger partial charge in [-0.25, -0.2) is 0 Å². The van der Waals surface area contributed by atoms with Crippen molar-refractivity contribution in [3.63, 3.8) is 0 Å². The predicted octanol–water partition coefficient (Wildman–Crippen LogP) is 2.00. The van der Waals surface area contributed by atoms with Gasteiger partial charge in [-0.2, -0.15) is 18.2 Å². The number of alkyl halides is 3. The summed E-state index contributed by atoms with van der Waals surface area (Å²) in [6.45, 7) is 0.639. The average molecular weight is 236 g/mol. The molecule has 0 fully saturated rings. The monoisotopic (exact) mass is 236 g/mol. The molecule has 0 radical (unpaired) electrons. The number of pyridine rings is 1. The Kier molecular flexibility index (Phi) is 3.81. The van der Waals surface area contributed by atoms with Crippen molar-refractivity contribution >= 4 is 5.69 Å². The van der Waals surface area contributed by atoms with Gasteiger partial charge in [0.05, 0.1) is 12.3 Å². The number of ether oxygens (including phenoxy) is 2. The van der Waals surface area contributed by atoms with Crippen LogP contribution >= 0.6 is 0 Å². The van der Waals surface area contributed by atoms with Gasteiger partial charge in [0.2, 0.25) is 11.8 Å². The Balaban J connectivity index is 2.71. The van der Waals surface area contributed by atoms with Crippen LogP contribution in [0.2, 0.25) is 0 Å². The number of nitrogens with two attached hydrogens (primary N) is 1. The Hall–Kier alpha value is -1.66. The summed E-state index contributed by atoms with van der Waals surface area (Å²) in [6, 6.07) is 2.63. The number of nitrogens with zero attached hydrogens (tertiary/aromatic N) is 1. The molecule has 0 saturated carbocycles. The Labute approximate surface area is 90.2 Å². The second kappa shape index (κ2) is 4.91. The van der Waals surface area contributed by atoms with Crippen molar-refractivity contribution in [2.45, 2.75) is 13.1 Å². The maximum absolute atomic E-state index is 11.9. The smallest absolute Gasteiger partial charge is 0.422 e. The number of halogens is 3. The van der Waals surface area contributed by atoms with E-state index < -0.39 is 12.8 Å². The fourth-order valence-electron chi connectivity index (χ4n) is 0.923. The third kappa shape index (κ3) is 3.84. The van der Waals surface area contributed by atoms with Crippen LogP contribution in [0.5, 0.6) is 11.8 Å². The third-order valence-corrected chi connectivity index (χ3v) is 1.53. The van der Waals surface area contributed by atoms with Crippen molar-refractivity contribution in [3.8, 4) is 11.8 Å². The lowest BCUT2D eigenvalue weighted by molar-refractivity contribution is -0.154. The molecule has 1 aromatic rings. The average Bonchev–Trinajstić information content (AvgIpc) is 2.18. The molecule has 1 heterocycles. The number of anilines is 1. The minimum atomic E-state index is -4.39. The molecular formula is C9H11F3N2O2. The SMILES string of the molecule is CCOc1nc(OCC(F)(F)F)ccc1N. The quantitative estimate of drug-likeness (QED) is 0.868. The van der Waals surface area contributed by atoms with Gasteiger partial charge >= 0.3 is 6.18 Å². The first kappa shape index (κ1) is 12.4. The topological polar surface area (TPSA) is 57.4 Å². The molecule has 0 aliphatic carbocycles. The maximum atomic E-state index is 11.9. The summed E-state index contributed by atoms with van der Waals surface area (Å²) in [5, 5.41) is 0. The molecule has 4 nitrogen and oxygen atoms in total. The number of rotatable bonds is 4. The summed E-state index contributed by atoms with van der Waals surface area (Å²) in [7, 11) is 0. The lowest BCUT2D eigenvalue weighted by Crippen LogP contribution is -2.19. The van der Waals surface area contributed by atoms with Crippen molar-refractivity contribution in [3.05, 3.63) is 12.1 Å². The molecule has 0 amide bonds. The van der Waals surface area contributed by atoms with Crippen LogP contribution in [0.1, 0.15) is 6.92 Å². The molecule has 0 bridgehead atoms. The van der Waals surface area contributed by atoms with Gasteiger partial charge in [-0.05, 0) is 13.0 Å². The zero-order valence-electron chi connectivity index (χ0n) is 8.54. The molecule has 0 atom stereocenters. The highest BCUT2D eigenvalue weighted by Gasteiger charge is 2.28. The molecule has 0 spiro atoms. The van der Waals surface area contributed by atoms with Crippen molar-refractivity contribution < 1.29 is 22.6 Å². The van der Waals surface area contributed by atoms with Crippen LogP contribution in [-0.4, -0.2) is 24.4 Å². The first-order valence-corrected chi connectivity index (χ1v) is 4.51. The molecule has 0 aromatic carbocycles. The molecule has 0 saturated heterocycles. The van der Waals surface area contributed by atoms with E-state index in [1.807, 2.05) is 0 Å². The van der Waals surface area contributed by atoms with Gasteiger partial charge in [0.25, 0.3) is 0 Å². The summed E-state index contributed by atoms with van der Waals surface area (Å²) in [5.41, 5.74) is 5.74. The minimum absolute atomic E-state index is 0.0715. The van der Waals surface area contributed by atoms with Crippen molar-refractivity contribution in [2.24, 2.45) is 0 Å². The van der Waals surface area contributed by atoms with E-state index in [4.69, 9.17) is 10.5 Å². The largest absolute Gasteiger partial charge is 0.476 e. The highest BCUT2D eigenvalue weighted by molar-refractivity contribution is 5.49. The molecule has 0 aliphatic heterocycles. The summed E-state index contributed by atoms with van der Waals surface area (Å²) in [5.74, 6) is -0.0999. The van der Waals surface area contributed by atoms with Crippen LogP contribution in [0.4, 0.5) is 18.9 Å². The third-order valence-electron chi connectivity index (χ3n) is 1.53. The summed E-state index contributed by atoms with van der Waals surface area (Å²) >= 11 is 0. The van der Waals surface area contributed by atoms with Crippen LogP contribution in [0.3, 0.4) is 0 Å². The van der Waals surface area contributed by atoms with E-state index in [-0.39, 0.29) is 17.4 Å². The Morgan fingerprint density at radius 3 is 2.56 bits per heavy atom. The molecule has 7 heteroatoms. The molecule has 2 N–H and O–H groups in total. The van der Waals surface area contributed by atoms with E-state index in [0.717, 1.165) is 0 Å². The van der Waals surface area contributed by atoms with E-state index >= 15 is 0 Å². The summed E-state index contributed by atoms with van der Waals surface area (Å²) in [6.07, 6.45) is -4.39. The molecule has 1 rings (SSSR count). The van der Waals surface area contributed by atoms with Crippen LogP contribution in [0.25, 0.3) is 0 Å². The fourth-order valence-corrected chi connectivity index (χ4v) is 0.923. The van der Waals surface area contributed by atoms with Gasteiger partial charge in [0.15, 0.2) is 6.61 Å². The molecule has 0 unspecified atom stereocenters. The highest BCUT2D eigenvalue weighted by Crippen LogP contribution is 2.23.